The Morgan fingerprint density at radius 3 is 2.11 bits per heavy atom. The lowest BCUT2D eigenvalue weighted by molar-refractivity contribution is 0.487. The van der Waals surface area contributed by atoms with Gasteiger partial charge in [0, 0.05) is 37.0 Å². The van der Waals surface area contributed by atoms with Gasteiger partial charge in [-0.05, 0) is 59.0 Å². The van der Waals surface area contributed by atoms with E-state index >= 15 is 0 Å². The molecule has 1 aliphatic heterocycles. The molecule has 0 radical (unpaired) electrons. The molecule has 0 saturated heterocycles. The topological polar surface area (TPSA) is 22.4 Å². The second-order valence-corrected chi connectivity index (χ2v) is 9.96. The van der Waals surface area contributed by atoms with E-state index in [0.717, 1.165) is 33.6 Å². The van der Waals surface area contributed by atoms with Crippen LogP contribution in [-0.4, -0.2) is 0 Å². The molecule has 0 N–H and O–H groups in total. The van der Waals surface area contributed by atoms with E-state index in [1.165, 1.54) is 42.6 Å². The highest BCUT2D eigenvalue weighted by Gasteiger charge is 2.22. The van der Waals surface area contributed by atoms with Crippen molar-refractivity contribution in [2.45, 2.75) is 0 Å². The first kappa shape index (κ1) is 19.0. The molecule has 164 valence electrons. The molecule has 3 heterocycles. The summed E-state index contributed by atoms with van der Waals surface area (Å²) in [6, 6.07) is 38.2. The maximum atomic E-state index is 6.29. The number of benzene rings is 5. The predicted octanol–water partition coefficient (Wildman–Crippen LogP) is 9.91. The summed E-state index contributed by atoms with van der Waals surface area (Å²) in [6.07, 6.45) is 0. The highest BCUT2D eigenvalue weighted by atomic mass is 32.1. The van der Waals surface area contributed by atoms with E-state index in [4.69, 9.17) is 9.15 Å². The van der Waals surface area contributed by atoms with Crippen molar-refractivity contribution in [1.29, 1.82) is 0 Å². The fraction of sp³-hybridized carbons (Fsp3) is 0. The van der Waals surface area contributed by atoms with Crippen LogP contribution in [0, 0.1) is 0 Å². The van der Waals surface area contributed by atoms with Crippen LogP contribution in [0.25, 0.3) is 64.7 Å². The van der Waals surface area contributed by atoms with Crippen molar-refractivity contribution in [1.82, 2.24) is 0 Å². The van der Waals surface area contributed by atoms with Crippen LogP contribution in [-0.2, 0) is 0 Å². The molecular formula is C32H18O2S. The largest absolute Gasteiger partial charge is 0.456 e. The van der Waals surface area contributed by atoms with E-state index in [1.807, 2.05) is 35.6 Å². The number of fused-ring (bicyclic) bond motifs is 5. The van der Waals surface area contributed by atoms with Crippen molar-refractivity contribution in [3.63, 3.8) is 0 Å². The Labute approximate surface area is 205 Å². The van der Waals surface area contributed by atoms with Crippen LogP contribution in [0.4, 0.5) is 0 Å². The Balaban J connectivity index is 1.33. The van der Waals surface area contributed by atoms with E-state index < -0.39 is 0 Å². The summed E-state index contributed by atoms with van der Waals surface area (Å²) in [5.41, 5.74) is 6.67. The lowest BCUT2D eigenvalue weighted by Crippen LogP contribution is -1.97. The smallest absolute Gasteiger partial charge is 0.136 e. The van der Waals surface area contributed by atoms with Crippen molar-refractivity contribution in [3.8, 4) is 43.5 Å². The van der Waals surface area contributed by atoms with Gasteiger partial charge >= 0.3 is 0 Å². The maximum absolute atomic E-state index is 6.29. The molecule has 7 aromatic rings. The summed E-state index contributed by atoms with van der Waals surface area (Å²) in [4.78, 5) is 2.48. The zero-order chi connectivity index (χ0) is 22.9. The molecule has 0 saturated carbocycles. The minimum atomic E-state index is 0.916. The SMILES string of the molecule is c1ccc2c(c1)Oc1ccc(-c3ccc(-c4cccc5oc6ccccc6c45)s3)c3cccc-2c13. The van der Waals surface area contributed by atoms with E-state index in [0.29, 0.717) is 0 Å². The van der Waals surface area contributed by atoms with Gasteiger partial charge in [-0.1, -0.05) is 66.7 Å². The summed E-state index contributed by atoms with van der Waals surface area (Å²) < 4.78 is 12.4. The van der Waals surface area contributed by atoms with Gasteiger partial charge < -0.3 is 9.15 Å². The number of hydrogen-bond donors (Lipinski definition) is 0. The van der Waals surface area contributed by atoms with E-state index in [2.05, 4.69) is 84.9 Å². The molecule has 0 bridgehead atoms. The molecule has 0 aliphatic carbocycles. The van der Waals surface area contributed by atoms with Crippen LogP contribution < -0.4 is 4.74 Å². The molecule has 35 heavy (non-hydrogen) atoms. The number of hydrogen-bond acceptors (Lipinski definition) is 3. The van der Waals surface area contributed by atoms with Gasteiger partial charge in [0.15, 0.2) is 0 Å². The monoisotopic (exact) mass is 466 g/mol. The molecule has 8 rings (SSSR count). The average Bonchev–Trinajstić information content (AvgIpc) is 3.54. The minimum Gasteiger partial charge on any atom is -0.456 e. The fourth-order valence-corrected chi connectivity index (χ4v) is 6.48. The second-order valence-electron chi connectivity index (χ2n) is 8.88. The fourth-order valence-electron chi connectivity index (χ4n) is 5.40. The number of para-hydroxylation sites is 2. The molecule has 1 aliphatic rings. The summed E-state index contributed by atoms with van der Waals surface area (Å²) >= 11 is 1.82. The minimum absolute atomic E-state index is 0.916. The first-order valence-corrected chi connectivity index (χ1v) is 12.5. The van der Waals surface area contributed by atoms with Crippen LogP contribution >= 0.6 is 11.3 Å². The molecule has 3 heteroatoms. The molecule has 2 nitrogen and oxygen atoms in total. The van der Waals surface area contributed by atoms with E-state index in [-0.39, 0.29) is 0 Å². The predicted molar refractivity (Wildman–Crippen MR) is 145 cm³/mol. The third kappa shape index (κ3) is 2.70. The van der Waals surface area contributed by atoms with Crippen molar-refractivity contribution >= 4 is 44.0 Å². The molecule has 2 aromatic heterocycles. The molecule has 0 atom stereocenters. The Kier molecular flexibility index (Phi) is 3.85. The van der Waals surface area contributed by atoms with Crippen LogP contribution in [0.1, 0.15) is 0 Å². The van der Waals surface area contributed by atoms with Crippen molar-refractivity contribution < 1.29 is 9.15 Å². The zero-order valence-corrected chi connectivity index (χ0v) is 19.4. The standard InChI is InChI=1S/C32H18O2S/c1-3-12-25-19(7-1)21-9-5-10-22-20(15-16-28(33-25)31(21)22)29-17-18-30(35-29)24-11-6-14-27-32(24)23-8-2-4-13-26(23)34-27/h1-18H. The van der Waals surface area contributed by atoms with Crippen LogP contribution in [0.5, 0.6) is 11.5 Å². The first-order chi connectivity index (χ1) is 17.3. The third-order valence-electron chi connectivity index (χ3n) is 6.94. The normalized spacial score (nSPS) is 12.2. The first-order valence-electron chi connectivity index (χ1n) is 11.7. The Morgan fingerprint density at radius 2 is 1.14 bits per heavy atom. The van der Waals surface area contributed by atoms with Gasteiger partial charge in [-0.25, -0.2) is 0 Å². The van der Waals surface area contributed by atoms with Crippen LogP contribution in [0.3, 0.4) is 0 Å². The molecule has 0 spiro atoms. The number of rotatable bonds is 2. The average molecular weight is 467 g/mol. The highest BCUT2D eigenvalue weighted by molar-refractivity contribution is 7.19. The van der Waals surface area contributed by atoms with Gasteiger partial charge in [0.1, 0.15) is 22.7 Å². The Hall–Kier alpha value is -4.34. The Bertz CT molecular complexity index is 1940. The number of ether oxygens (including phenoxy) is 1. The van der Waals surface area contributed by atoms with Crippen LogP contribution in [0.15, 0.2) is 114 Å². The third-order valence-corrected chi connectivity index (χ3v) is 8.09. The summed E-state index contributed by atoms with van der Waals surface area (Å²) in [5, 5.41) is 4.74. The highest BCUT2D eigenvalue weighted by Crippen LogP contribution is 2.49. The van der Waals surface area contributed by atoms with Gasteiger partial charge in [-0.3, -0.25) is 0 Å². The summed E-state index contributed by atoms with van der Waals surface area (Å²) in [7, 11) is 0. The molecule has 5 aromatic carbocycles. The summed E-state index contributed by atoms with van der Waals surface area (Å²) in [6.45, 7) is 0. The van der Waals surface area contributed by atoms with Gasteiger partial charge in [-0.15, -0.1) is 11.3 Å². The van der Waals surface area contributed by atoms with Crippen molar-refractivity contribution in [2.75, 3.05) is 0 Å². The molecule has 0 unspecified atom stereocenters. The number of thiophene rings is 1. The molecule has 0 fully saturated rings. The maximum Gasteiger partial charge on any atom is 0.136 e. The zero-order valence-electron chi connectivity index (χ0n) is 18.6. The van der Waals surface area contributed by atoms with Crippen molar-refractivity contribution in [3.05, 3.63) is 109 Å². The second kappa shape index (κ2) is 7.08. The van der Waals surface area contributed by atoms with Gasteiger partial charge in [0.05, 0.1) is 0 Å². The van der Waals surface area contributed by atoms with Gasteiger partial charge in [0.2, 0.25) is 0 Å². The quantitative estimate of drug-likeness (QED) is 0.253. The lowest BCUT2D eigenvalue weighted by Gasteiger charge is -2.22. The van der Waals surface area contributed by atoms with E-state index in [9.17, 15) is 0 Å². The van der Waals surface area contributed by atoms with Crippen molar-refractivity contribution in [2.24, 2.45) is 0 Å². The van der Waals surface area contributed by atoms with E-state index in [1.54, 1.807) is 0 Å². The Morgan fingerprint density at radius 1 is 0.429 bits per heavy atom. The van der Waals surface area contributed by atoms with Gasteiger partial charge in [0.25, 0.3) is 0 Å². The molecular weight excluding hydrogens is 448 g/mol. The van der Waals surface area contributed by atoms with Crippen LogP contribution in [0.2, 0.25) is 0 Å². The lowest BCUT2D eigenvalue weighted by atomic mass is 9.92. The molecule has 0 amide bonds. The van der Waals surface area contributed by atoms with Gasteiger partial charge in [-0.2, -0.15) is 0 Å². The summed E-state index contributed by atoms with van der Waals surface area (Å²) in [5.74, 6) is 1.84. The number of furan rings is 1.